The number of hydrogen-bond acceptors (Lipinski definition) is 3. The smallest absolute Gasteiger partial charge is 0.291 e. The van der Waals surface area contributed by atoms with Crippen molar-refractivity contribution in [1.29, 1.82) is 0 Å². The van der Waals surface area contributed by atoms with Crippen LogP contribution in [0.25, 0.3) is 10.8 Å². The Hall–Kier alpha value is -3.08. The van der Waals surface area contributed by atoms with Crippen LogP contribution in [0.15, 0.2) is 53.1 Å². The average molecular weight is 306 g/mol. The maximum absolute atomic E-state index is 12.5. The molecule has 2 amide bonds. The highest BCUT2D eigenvalue weighted by molar-refractivity contribution is 6.27. The highest BCUT2D eigenvalue weighted by atomic mass is 16.3. The Bertz CT molecular complexity index is 929. The molecular formula is C18H14N2O3. The summed E-state index contributed by atoms with van der Waals surface area (Å²) in [5.74, 6) is -0.0606. The molecule has 114 valence electrons. The van der Waals surface area contributed by atoms with Gasteiger partial charge in [0.05, 0.1) is 12.0 Å². The van der Waals surface area contributed by atoms with Crippen molar-refractivity contribution in [2.45, 2.75) is 6.92 Å². The maximum Gasteiger partial charge on any atom is 0.291 e. The van der Waals surface area contributed by atoms with Gasteiger partial charge in [0.2, 0.25) is 0 Å². The van der Waals surface area contributed by atoms with Crippen molar-refractivity contribution in [3.63, 3.8) is 0 Å². The number of nitrogens with zero attached hydrogens (tertiary/aromatic N) is 1. The van der Waals surface area contributed by atoms with Crippen LogP contribution in [-0.4, -0.2) is 18.4 Å². The van der Waals surface area contributed by atoms with Crippen molar-refractivity contribution in [2.24, 2.45) is 0 Å². The van der Waals surface area contributed by atoms with Gasteiger partial charge in [0, 0.05) is 28.6 Å². The van der Waals surface area contributed by atoms with E-state index in [4.69, 9.17) is 4.42 Å². The van der Waals surface area contributed by atoms with Gasteiger partial charge in [0.1, 0.15) is 0 Å². The van der Waals surface area contributed by atoms with E-state index in [9.17, 15) is 9.59 Å². The second-order valence-electron chi connectivity index (χ2n) is 5.34. The molecule has 23 heavy (non-hydrogen) atoms. The highest BCUT2D eigenvalue weighted by Gasteiger charge is 2.29. The Morgan fingerprint density at radius 2 is 2.04 bits per heavy atom. The molecule has 0 saturated carbocycles. The number of nitrogens with one attached hydrogen (secondary N) is 1. The Morgan fingerprint density at radius 3 is 2.78 bits per heavy atom. The Labute approximate surface area is 132 Å². The maximum atomic E-state index is 12.5. The molecule has 5 heteroatoms. The minimum Gasteiger partial charge on any atom is -0.459 e. The minimum absolute atomic E-state index is 0.00242. The minimum atomic E-state index is -0.313. The molecule has 1 aliphatic heterocycles. The molecule has 2 aromatic carbocycles. The van der Waals surface area contributed by atoms with E-state index in [0.717, 1.165) is 16.5 Å². The van der Waals surface area contributed by atoms with Gasteiger partial charge in [0.15, 0.2) is 5.76 Å². The molecule has 0 saturated heterocycles. The van der Waals surface area contributed by atoms with Crippen LogP contribution in [0, 0.1) is 0 Å². The summed E-state index contributed by atoms with van der Waals surface area (Å²) in [6, 6.07) is 12.5. The zero-order chi connectivity index (χ0) is 16.0. The van der Waals surface area contributed by atoms with Crippen LogP contribution >= 0.6 is 0 Å². The summed E-state index contributed by atoms with van der Waals surface area (Å²) in [5.41, 5.74) is 2.23. The van der Waals surface area contributed by atoms with Gasteiger partial charge in [-0.1, -0.05) is 12.1 Å². The topological polar surface area (TPSA) is 62.6 Å². The molecule has 0 unspecified atom stereocenters. The van der Waals surface area contributed by atoms with Crippen LogP contribution < -0.4 is 10.2 Å². The molecule has 1 N–H and O–H groups in total. The standard InChI is InChI=1S/C18H14N2O3/c1-2-20-14-9-8-13(19-17(21)15-7-4-10-23-15)11-5-3-6-12(16(11)14)18(20)22/h3-10H,2H2,1H3,(H,19,21). The number of benzene rings is 2. The van der Waals surface area contributed by atoms with Gasteiger partial charge < -0.3 is 14.6 Å². The van der Waals surface area contributed by atoms with E-state index in [1.54, 1.807) is 17.0 Å². The first kappa shape index (κ1) is 13.6. The molecule has 0 aliphatic carbocycles. The van der Waals surface area contributed by atoms with Crippen LogP contribution in [0.1, 0.15) is 27.8 Å². The number of carbonyl (C=O) groups is 2. The molecule has 0 radical (unpaired) electrons. The lowest BCUT2D eigenvalue weighted by molar-refractivity contribution is 0.0988. The summed E-state index contributed by atoms with van der Waals surface area (Å²) in [7, 11) is 0. The summed E-state index contributed by atoms with van der Waals surface area (Å²) in [6.07, 6.45) is 1.46. The van der Waals surface area contributed by atoms with E-state index in [1.165, 1.54) is 6.26 Å². The number of carbonyl (C=O) groups excluding carboxylic acids is 2. The van der Waals surface area contributed by atoms with Crippen molar-refractivity contribution in [2.75, 3.05) is 16.8 Å². The number of furan rings is 1. The highest BCUT2D eigenvalue weighted by Crippen LogP contribution is 2.40. The second-order valence-corrected chi connectivity index (χ2v) is 5.34. The van der Waals surface area contributed by atoms with Gasteiger partial charge in [-0.15, -0.1) is 0 Å². The second kappa shape index (κ2) is 4.98. The molecule has 0 spiro atoms. The number of amides is 2. The van der Waals surface area contributed by atoms with Crippen molar-refractivity contribution in [3.8, 4) is 0 Å². The fourth-order valence-electron chi connectivity index (χ4n) is 3.06. The van der Waals surface area contributed by atoms with Gasteiger partial charge in [-0.05, 0) is 37.3 Å². The summed E-state index contributed by atoms with van der Waals surface area (Å²) in [6.45, 7) is 2.56. The Kier molecular flexibility index (Phi) is 2.94. The Morgan fingerprint density at radius 1 is 1.17 bits per heavy atom. The van der Waals surface area contributed by atoms with Gasteiger partial charge in [-0.25, -0.2) is 0 Å². The van der Waals surface area contributed by atoms with E-state index in [1.807, 2.05) is 37.3 Å². The molecule has 0 bridgehead atoms. The van der Waals surface area contributed by atoms with Crippen LogP contribution in [0.5, 0.6) is 0 Å². The lowest BCUT2D eigenvalue weighted by Gasteiger charge is -2.15. The molecular weight excluding hydrogens is 292 g/mol. The lowest BCUT2D eigenvalue weighted by Crippen LogP contribution is -2.25. The fraction of sp³-hybridized carbons (Fsp3) is 0.111. The number of anilines is 2. The summed E-state index contributed by atoms with van der Waals surface area (Å²) in [5, 5.41) is 4.59. The van der Waals surface area contributed by atoms with Crippen LogP contribution in [0.4, 0.5) is 11.4 Å². The van der Waals surface area contributed by atoms with Crippen molar-refractivity contribution in [1.82, 2.24) is 0 Å². The zero-order valence-corrected chi connectivity index (χ0v) is 12.5. The largest absolute Gasteiger partial charge is 0.459 e. The molecule has 1 aliphatic rings. The average Bonchev–Trinajstić information content (AvgIpc) is 3.19. The van der Waals surface area contributed by atoms with E-state index < -0.39 is 0 Å². The lowest BCUT2D eigenvalue weighted by atomic mass is 10.0. The van der Waals surface area contributed by atoms with Crippen molar-refractivity contribution >= 4 is 34.0 Å². The van der Waals surface area contributed by atoms with Gasteiger partial charge in [-0.2, -0.15) is 0 Å². The van der Waals surface area contributed by atoms with Crippen LogP contribution in [-0.2, 0) is 0 Å². The zero-order valence-electron chi connectivity index (χ0n) is 12.5. The molecule has 5 nitrogen and oxygen atoms in total. The third-order valence-electron chi connectivity index (χ3n) is 4.09. The number of rotatable bonds is 3. The van der Waals surface area contributed by atoms with Gasteiger partial charge >= 0.3 is 0 Å². The molecule has 0 fully saturated rings. The first-order valence-corrected chi connectivity index (χ1v) is 7.43. The van der Waals surface area contributed by atoms with E-state index >= 15 is 0 Å². The van der Waals surface area contributed by atoms with Crippen molar-refractivity contribution < 1.29 is 14.0 Å². The molecule has 0 atom stereocenters. The third kappa shape index (κ3) is 1.93. The van der Waals surface area contributed by atoms with E-state index in [-0.39, 0.29) is 17.6 Å². The Balaban J connectivity index is 1.84. The first-order valence-electron chi connectivity index (χ1n) is 7.43. The summed E-state index contributed by atoms with van der Waals surface area (Å²) < 4.78 is 5.12. The van der Waals surface area contributed by atoms with Crippen LogP contribution in [0.3, 0.4) is 0 Å². The number of hydrogen-bond donors (Lipinski definition) is 1. The molecule has 3 aromatic rings. The van der Waals surface area contributed by atoms with Gasteiger partial charge in [-0.3, -0.25) is 9.59 Å². The van der Waals surface area contributed by atoms with Crippen molar-refractivity contribution in [3.05, 3.63) is 60.1 Å². The fourth-order valence-corrected chi connectivity index (χ4v) is 3.06. The monoisotopic (exact) mass is 306 g/mol. The van der Waals surface area contributed by atoms with E-state index in [0.29, 0.717) is 17.8 Å². The quantitative estimate of drug-likeness (QED) is 0.803. The predicted octanol–water partition coefficient (Wildman–Crippen LogP) is 3.67. The molecule has 2 heterocycles. The van der Waals surface area contributed by atoms with Gasteiger partial charge in [0.25, 0.3) is 11.8 Å². The predicted molar refractivity (Wildman–Crippen MR) is 88.0 cm³/mol. The first-order chi connectivity index (χ1) is 11.2. The third-order valence-corrected chi connectivity index (χ3v) is 4.09. The SMILES string of the molecule is CCN1C(=O)c2cccc3c(NC(=O)c4ccco4)ccc1c23. The van der Waals surface area contributed by atoms with Crippen LogP contribution in [0.2, 0.25) is 0 Å². The summed E-state index contributed by atoms with van der Waals surface area (Å²) in [4.78, 5) is 26.4. The molecule has 4 rings (SSSR count). The summed E-state index contributed by atoms with van der Waals surface area (Å²) >= 11 is 0. The molecule has 1 aromatic heterocycles. The normalized spacial score (nSPS) is 12.9. The van der Waals surface area contributed by atoms with E-state index in [2.05, 4.69) is 5.32 Å².